The largest absolute Gasteiger partial charge is 0.368 e. The maximum atomic E-state index is 6.51. The summed E-state index contributed by atoms with van der Waals surface area (Å²) in [5.74, 6) is 0.916. The van der Waals surface area contributed by atoms with Crippen LogP contribution in [0.2, 0.25) is 5.02 Å². The number of hydrogen-bond acceptors (Lipinski definition) is 2. The molecule has 0 amide bonds. The zero-order chi connectivity index (χ0) is 14.8. The number of hydrogen-bond donors (Lipinski definition) is 1. The molecule has 1 aliphatic carbocycles. The van der Waals surface area contributed by atoms with E-state index in [1.54, 1.807) is 0 Å². The fraction of sp³-hybridized carbons (Fsp3) is 0.667. The van der Waals surface area contributed by atoms with Crippen LogP contribution in [0.3, 0.4) is 0 Å². The Labute approximate surface area is 133 Å². The van der Waals surface area contributed by atoms with Gasteiger partial charge in [0.25, 0.3) is 0 Å². The summed E-state index contributed by atoms with van der Waals surface area (Å²) in [6.45, 7) is 6.37. The predicted octanol–water partition coefficient (Wildman–Crippen LogP) is 4.61. The Morgan fingerprint density at radius 1 is 1.24 bits per heavy atom. The summed E-state index contributed by atoms with van der Waals surface area (Å²) in [5, 5.41) is 4.34. The second-order valence-electron chi connectivity index (χ2n) is 6.91. The first-order valence-corrected chi connectivity index (χ1v) is 8.81. The van der Waals surface area contributed by atoms with E-state index in [-0.39, 0.29) is 0 Å². The standard InChI is InChI=1S/C18H27ClN2/c1-13(2)20-12-15-8-9-16(11-17(15)19)21-10-4-6-14-5-3-7-18(14)21/h8-9,11,13-14,18,20H,3-7,10,12H2,1-2H3. The summed E-state index contributed by atoms with van der Waals surface area (Å²) in [5.41, 5.74) is 2.53. The second-order valence-corrected chi connectivity index (χ2v) is 7.31. The highest BCUT2D eigenvalue weighted by Crippen LogP contribution is 2.39. The summed E-state index contributed by atoms with van der Waals surface area (Å²) in [6.07, 6.45) is 6.93. The average molecular weight is 307 g/mol. The number of nitrogens with one attached hydrogen (secondary N) is 1. The Bertz CT molecular complexity index is 486. The van der Waals surface area contributed by atoms with Crippen LogP contribution in [0.1, 0.15) is 51.5 Å². The number of rotatable bonds is 4. The van der Waals surface area contributed by atoms with Crippen molar-refractivity contribution in [2.24, 2.45) is 5.92 Å². The molecule has 3 heteroatoms. The Hall–Kier alpha value is -0.730. The van der Waals surface area contributed by atoms with E-state index >= 15 is 0 Å². The molecule has 1 heterocycles. The number of anilines is 1. The number of piperidine rings is 1. The van der Waals surface area contributed by atoms with E-state index in [1.807, 2.05) is 0 Å². The third-order valence-corrected chi connectivity index (χ3v) is 5.41. The maximum Gasteiger partial charge on any atom is 0.0471 e. The lowest BCUT2D eigenvalue weighted by molar-refractivity contribution is 0.362. The molecule has 0 radical (unpaired) electrons. The molecule has 1 N–H and O–H groups in total. The molecule has 1 aromatic rings. The molecule has 1 saturated heterocycles. The normalized spacial score (nSPS) is 25.4. The molecule has 2 unspecified atom stereocenters. The summed E-state index contributed by atoms with van der Waals surface area (Å²) in [4.78, 5) is 2.62. The molecule has 0 aromatic heterocycles. The molecule has 21 heavy (non-hydrogen) atoms. The zero-order valence-corrected chi connectivity index (χ0v) is 14.0. The minimum atomic E-state index is 0.488. The first-order valence-electron chi connectivity index (χ1n) is 8.43. The van der Waals surface area contributed by atoms with Crippen molar-refractivity contribution in [1.29, 1.82) is 0 Å². The first-order chi connectivity index (χ1) is 10.1. The molecule has 2 atom stereocenters. The SMILES string of the molecule is CC(C)NCc1ccc(N2CCCC3CCCC32)cc1Cl. The fourth-order valence-electron chi connectivity index (χ4n) is 3.95. The van der Waals surface area contributed by atoms with Gasteiger partial charge in [0, 0.05) is 35.9 Å². The van der Waals surface area contributed by atoms with Gasteiger partial charge in [-0.05, 0) is 49.3 Å². The van der Waals surface area contributed by atoms with Gasteiger partial charge in [0.05, 0.1) is 0 Å². The molecule has 0 spiro atoms. The van der Waals surface area contributed by atoms with Crippen molar-refractivity contribution in [3.8, 4) is 0 Å². The molecule has 1 aliphatic heterocycles. The average Bonchev–Trinajstić information content (AvgIpc) is 2.94. The zero-order valence-electron chi connectivity index (χ0n) is 13.2. The molecule has 0 bridgehead atoms. The quantitative estimate of drug-likeness (QED) is 0.874. The van der Waals surface area contributed by atoms with Crippen LogP contribution in [0, 0.1) is 5.92 Å². The van der Waals surface area contributed by atoms with Crippen LogP contribution in [0.15, 0.2) is 18.2 Å². The molecule has 116 valence electrons. The van der Waals surface area contributed by atoms with E-state index in [1.165, 1.54) is 49.9 Å². The molecule has 2 aliphatic rings. The lowest BCUT2D eigenvalue weighted by atomic mass is 9.91. The third kappa shape index (κ3) is 3.37. The summed E-state index contributed by atoms with van der Waals surface area (Å²) in [7, 11) is 0. The Morgan fingerprint density at radius 3 is 2.81 bits per heavy atom. The first kappa shape index (κ1) is 15.2. The van der Waals surface area contributed by atoms with Gasteiger partial charge in [-0.1, -0.05) is 37.9 Å². The minimum absolute atomic E-state index is 0.488. The van der Waals surface area contributed by atoms with Crippen LogP contribution in [0.4, 0.5) is 5.69 Å². The van der Waals surface area contributed by atoms with E-state index in [0.29, 0.717) is 6.04 Å². The van der Waals surface area contributed by atoms with Gasteiger partial charge in [-0.2, -0.15) is 0 Å². The lowest BCUT2D eigenvalue weighted by Gasteiger charge is -2.39. The number of halogens is 1. The van der Waals surface area contributed by atoms with E-state index in [2.05, 4.69) is 42.3 Å². The van der Waals surface area contributed by atoms with Crippen LogP contribution in [-0.2, 0) is 6.54 Å². The van der Waals surface area contributed by atoms with E-state index in [0.717, 1.165) is 23.5 Å². The topological polar surface area (TPSA) is 15.3 Å². The summed E-state index contributed by atoms with van der Waals surface area (Å²) in [6, 6.07) is 7.89. The lowest BCUT2D eigenvalue weighted by Crippen LogP contribution is -2.42. The molecule has 2 nitrogen and oxygen atoms in total. The van der Waals surface area contributed by atoms with Crippen LogP contribution >= 0.6 is 11.6 Å². The molecule has 1 saturated carbocycles. The highest BCUT2D eigenvalue weighted by Gasteiger charge is 2.35. The highest BCUT2D eigenvalue weighted by atomic mass is 35.5. The molecule has 1 aromatic carbocycles. The minimum Gasteiger partial charge on any atom is -0.368 e. The number of nitrogens with zero attached hydrogens (tertiary/aromatic N) is 1. The maximum absolute atomic E-state index is 6.51. The van der Waals surface area contributed by atoms with Gasteiger partial charge in [-0.3, -0.25) is 0 Å². The smallest absolute Gasteiger partial charge is 0.0471 e. The van der Waals surface area contributed by atoms with Crippen molar-refractivity contribution in [3.05, 3.63) is 28.8 Å². The van der Waals surface area contributed by atoms with Gasteiger partial charge >= 0.3 is 0 Å². The summed E-state index contributed by atoms with van der Waals surface area (Å²) >= 11 is 6.51. The van der Waals surface area contributed by atoms with Gasteiger partial charge in [0.2, 0.25) is 0 Å². The van der Waals surface area contributed by atoms with Gasteiger partial charge in [0.15, 0.2) is 0 Å². The van der Waals surface area contributed by atoms with Gasteiger partial charge < -0.3 is 10.2 Å². The van der Waals surface area contributed by atoms with E-state index in [4.69, 9.17) is 11.6 Å². The van der Waals surface area contributed by atoms with Crippen molar-refractivity contribution in [1.82, 2.24) is 5.32 Å². The molecule has 2 fully saturated rings. The fourth-order valence-corrected chi connectivity index (χ4v) is 4.19. The van der Waals surface area contributed by atoms with Gasteiger partial charge in [-0.15, -0.1) is 0 Å². The molecular weight excluding hydrogens is 280 g/mol. The predicted molar refractivity (Wildman–Crippen MR) is 91.1 cm³/mol. The van der Waals surface area contributed by atoms with Crippen molar-refractivity contribution < 1.29 is 0 Å². The summed E-state index contributed by atoms with van der Waals surface area (Å²) < 4.78 is 0. The third-order valence-electron chi connectivity index (χ3n) is 5.06. The van der Waals surface area contributed by atoms with Gasteiger partial charge in [0.1, 0.15) is 0 Å². The molecule has 3 rings (SSSR count). The van der Waals surface area contributed by atoms with Gasteiger partial charge in [-0.25, -0.2) is 0 Å². The van der Waals surface area contributed by atoms with Crippen LogP contribution in [0.25, 0.3) is 0 Å². The van der Waals surface area contributed by atoms with E-state index < -0.39 is 0 Å². The monoisotopic (exact) mass is 306 g/mol. The number of fused-ring (bicyclic) bond motifs is 1. The van der Waals surface area contributed by atoms with Crippen molar-refractivity contribution in [2.75, 3.05) is 11.4 Å². The highest BCUT2D eigenvalue weighted by molar-refractivity contribution is 6.31. The second kappa shape index (κ2) is 6.58. The Morgan fingerprint density at radius 2 is 2.05 bits per heavy atom. The van der Waals surface area contributed by atoms with Crippen LogP contribution in [-0.4, -0.2) is 18.6 Å². The van der Waals surface area contributed by atoms with Crippen LogP contribution in [0.5, 0.6) is 0 Å². The van der Waals surface area contributed by atoms with Crippen LogP contribution < -0.4 is 10.2 Å². The van der Waals surface area contributed by atoms with E-state index in [9.17, 15) is 0 Å². The Balaban J connectivity index is 1.75. The van der Waals surface area contributed by atoms with Crippen molar-refractivity contribution >= 4 is 17.3 Å². The number of benzene rings is 1. The molecular formula is C18H27ClN2. The Kier molecular flexibility index (Phi) is 4.75. The van der Waals surface area contributed by atoms with Crippen molar-refractivity contribution in [2.45, 2.75) is 64.6 Å². The van der Waals surface area contributed by atoms with Crippen molar-refractivity contribution in [3.63, 3.8) is 0 Å².